The van der Waals surface area contributed by atoms with Crippen LogP contribution in [0.15, 0.2) is 91.0 Å². The van der Waals surface area contributed by atoms with Crippen LogP contribution >= 0.6 is 0 Å². The molecule has 1 N–H and O–H groups in total. The van der Waals surface area contributed by atoms with Crippen LogP contribution in [0.5, 0.6) is 0 Å². The Kier molecular flexibility index (Phi) is 13.9. The Hall–Kier alpha value is -5.30. The summed E-state index contributed by atoms with van der Waals surface area (Å²) in [6.07, 6.45) is 7.11. The Bertz CT molecular complexity index is 2350. The molecule has 0 saturated carbocycles. The lowest BCUT2D eigenvalue weighted by Crippen LogP contribution is -2.17. The number of nitrogens with zero attached hydrogens (tertiary/aromatic N) is 6. The van der Waals surface area contributed by atoms with E-state index >= 15 is 0 Å². The molecule has 0 aliphatic carbocycles. The molecular weight excluding hydrogens is 741 g/mol. The molecule has 11 heteroatoms. The second kappa shape index (κ2) is 19.6. The Morgan fingerprint density at radius 3 is 1.69 bits per heavy atom. The number of aryl methyl sites for hydroxylation is 2. The summed E-state index contributed by atoms with van der Waals surface area (Å²) in [6.45, 7) is 9.32. The lowest BCUT2D eigenvalue weighted by atomic mass is 9.83. The van der Waals surface area contributed by atoms with E-state index in [4.69, 9.17) is 24.1 Å². The number of fused-ring (bicyclic) bond motifs is 6. The highest BCUT2D eigenvalue weighted by molar-refractivity contribution is 5.72. The Balaban J connectivity index is 0.000000169. The second-order valence-electron chi connectivity index (χ2n) is 15.0. The number of aliphatic hydroxyl groups excluding tert-OH is 1. The molecule has 0 unspecified atom stereocenters. The first-order valence-electron chi connectivity index (χ1n) is 20.3. The number of benzene rings is 4. The molecule has 1 fully saturated rings. The molecule has 0 atom stereocenters. The van der Waals surface area contributed by atoms with E-state index in [9.17, 15) is 0 Å². The van der Waals surface area contributed by atoms with Gasteiger partial charge in [0.1, 0.15) is 24.9 Å². The van der Waals surface area contributed by atoms with Crippen molar-refractivity contribution in [1.82, 2.24) is 29.5 Å². The maximum absolute atomic E-state index is 7.00. The summed E-state index contributed by atoms with van der Waals surface area (Å²) < 4.78 is 27.5. The molecule has 1 saturated heterocycles. The van der Waals surface area contributed by atoms with Crippen LogP contribution in [0.2, 0.25) is 0 Å². The van der Waals surface area contributed by atoms with Crippen molar-refractivity contribution >= 4 is 5.57 Å². The molecule has 10 rings (SSSR count). The Morgan fingerprint density at radius 1 is 0.593 bits per heavy atom. The summed E-state index contributed by atoms with van der Waals surface area (Å²) in [5.74, 6) is 4.08. The summed E-state index contributed by atoms with van der Waals surface area (Å²) in [5, 5.41) is 24.2. The summed E-state index contributed by atoms with van der Waals surface area (Å²) in [4.78, 5) is 0. The SMILES string of the molecule is C.CO.Cc1nnc2n1-c1ccc(C3=CCOCC3)c(Cc3ccccc3)c1COC2.Cc1nnc2n1-c1ccc(C3CCOCC3)c(Cc3ccccc3)c1COC2. The third-order valence-electron chi connectivity index (χ3n) is 11.5. The standard InChI is InChI=1S/C23H25N3O2.C23H23N3O2.CH4O.CH4/c2*1-16-24-25-23-15-28-14-21-20(13-17-5-3-2-4-6-17)19(7-8-22(21)26(16)23)18-9-11-27-12-10-18;1-2;/h2-8,18H,9-15H2,1H3;2-9H,10-15H2,1H3;2H,1H3;1H4. The van der Waals surface area contributed by atoms with E-state index in [0.29, 0.717) is 39.0 Å². The van der Waals surface area contributed by atoms with Crippen molar-refractivity contribution in [2.45, 2.75) is 85.7 Å². The molecule has 6 aromatic rings. The Labute approximate surface area is 347 Å². The molecule has 0 bridgehead atoms. The van der Waals surface area contributed by atoms with Crippen molar-refractivity contribution < 1.29 is 24.1 Å². The molecule has 0 amide bonds. The van der Waals surface area contributed by atoms with Crippen molar-refractivity contribution in [3.63, 3.8) is 0 Å². The summed E-state index contributed by atoms with van der Waals surface area (Å²) in [5.41, 5.74) is 14.3. The van der Waals surface area contributed by atoms with Gasteiger partial charge in [0.05, 0.1) is 37.8 Å². The lowest BCUT2D eigenvalue weighted by Gasteiger charge is -2.27. The third kappa shape index (κ3) is 9.00. The first kappa shape index (κ1) is 41.8. The number of aromatic nitrogens is 6. The van der Waals surface area contributed by atoms with E-state index in [1.165, 1.54) is 50.1 Å². The number of hydrogen-bond acceptors (Lipinski definition) is 9. The van der Waals surface area contributed by atoms with Gasteiger partial charge in [-0.15, -0.1) is 20.4 Å². The van der Waals surface area contributed by atoms with Gasteiger partial charge in [0.25, 0.3) is 0 Å². The highest BCUT2D eigenvalue weighted by atomic mass is 16.5. The molecule has 59 heavy (non-hydrogen) atoms. The van der Waals surface area contributed by atoms with Crippen molar-refractivity contribution in [2.24, 2.45) is 0 Å². The van der Waals surface area contributed by atoms with Gasteiger partial charge in [0.15, 0.2) is 11.6 Å². The zero-order chi connectivity index (χ0) is 39.8. The monoisotopic (exact) mass is 796 g/mol. The molecule has 4 aliphatic heterocycles. The quantitative estimate of drug-likeness (QED) is 0.178. The Morgan fingerprint density at radius 2 is 1.14 bits per heavy atom. The van der Waals surface area contributed by atoms with Gasteiger partial charge in [-0.3, -0.25) is 9.13 Å². The molecule has 0 radical (unpaired) electrons. The van der Waals surface area contributed by atoms with Crippen LogP contribution in [0.3, 0.4) is 0 Å². The van der Waals surface area contributed by atoms with Crippen LogP contribution < -0.4 is 0 Å². The minimum absolute atomic E-state index is 0. The molecule has 308 valence electrons. The number of aliphatic hydroxyl groups is 1. The first-order chi connectivity index (χ1) is 28.6. The topological polar surface area (TPSA) is 119 Å². The number of hydrogen-bond donors (Lipinski definition) is 1. The number of rotatable bonds is 6. The maximum Gasteiger partial charge on any atom is 0.163 e. The highest BCUT2D eigenvalue weighted by Crippen LogP contribution is 2.38. The normalized spacial score (nSPS) is 15.8. The van der Waals surface area contributed by atoms with Gasteiger partial charge in [-0.2, -0.15) is 0 Å². The van der Waals surface area contributed by atoms with Gasteiger partial charge >= 0.3 is 0 Å². The fraction of sp³-hybridized carbons (Fsp3) is 0.375. The van der Waals surface area contributed by atoms with E-state index in [1.807, 2.05) is 13.8 Å². The zero-order valence-corrected chi connectivity index (χ0v) is 33.7. The molecule has 2 aromatic heterocycles. The van der Waals surface area contributed by atoms with Gasteiger partial charge in [-0.25, -0.2) is 0 Å². The van der Waals surface area contributed by atoms with Gasteiger partial charge in [-0.05, 0) is 103 Å². The molecule has 4 aliphatic rings. The van der Waals surface area contributed by atoms with Crippen LogP contribution in [0, 0.1) is 13.8 Å². The van der Waals surface area contributed by atoms with Crippen molar-refractivity contribution in [2.75, 3.05) is 33.5 Å². The fourth-order valence-electron chi connectivity index (χ4n) is 8.71. The zero-order valence-electron chi connectivity index (χ0n) is 33.7. The molecule has 6 heterocycles. The highest BCUT2D eigenvalue weighted by Gasteiger charge is 2.27. The summed E-state index contributed by atoms with van der Waals surface area (Å²) >= 11 is 0. The van der Waals surface area contributed by atoms with Gasteiger partial charge in [-0.1, -0.05) is 86.3 Å². The van der Waals surface area contributed by atoms with Crippen molar-refractivity contribution in [1.29, 1.82) is 0 Å². The lowest BCUT2D eigenvalue weighted by molar-refractivity contribution is 0.0849. The minimum Gasteiger partial charge on any atom is -0.400 e. The third-order valence-corrected chi connectivity index (χ3v) is 11.5. The van der Waals surface area contributed by atoms with Crippen LogP contribution in [0.25, 0.3) is 16.9 Å². The predicted octanol–water partition coefficient (Wildman–Crippen LogP) is 8.34. The van der Waals surface area contributed by atoms with E-state index in [2.05, 4.69) is 121 Å². The predicted molar refractivity (Wildman–Crippen MR) is 229 cm³/mol. The summed E-state index contributed by atoms with van der Waals surface area (Å²) in [7, 11) is 1.00. The molecule has 11 nitrogen and oxygen atoms in total. The molecular formula is C48H56N6O5. The maximum atomic E-state index is 7.00. The van der Waals surface area contributed by atoms with Gasteiger partial charge in [0, 0.05) is 31.5 Å². The van der Waals surface area contributed by atoms with Crippen molar-refractivity contribution in [3.8, 4) is 11.4 Å². The van der Waals surface area contributed by atoms with E-state index in [-0.39, 0.29) is 7.43 Å². The van der Waals surface area contributed by atoms with Crippen LogP contribution in [0.4, 0.5) is 0 Å². The fourth-order valence-corrected chi connectivity index (χ4v) is 8.71. The largest absolute Gasteiger partial charge is 0.400 e. The van der Waals surface area contributed by atoms with Gasteiger partial charge < -0.3 is 24.1 Å². The van der Waals surface area contributed by atoms with Crippen LogP contribution in [-0.2, 0) is 58.2 Å². The second-order valence-corrected chi connectivity index (χ2v) is 15.0. The first-order valence-corrected chi connectivity index (χ1v) is 20.3. The summed E-state index contributed by atoms with van der Waals surface area (Å²) in [6, 6.07) is 30.4. The van der Waals surface area contributed by atoms with Crippen LogP contribution in [-0.4, -0.2) is 68.2 Å². The van der Waals surface area contributed by atoms with E-state index < -0.39 is 0 Å². The van der Waals surface area contributed by atoms with Crippen LogP contribution in [0.1, 0.15) is 100 Å². The van der Waals surface area contributed by atoms with Gasteiger partial charge in [0.2, 0.25) is 0 Å². The number of ether oxygens (including phenoxy) is 4. The average Bonchev–Trinajstić information content (AvgIpc) is 3.68. The van der Waals surface area contributed by atoms with E-state index in [0.717, 1.165) is 93.7 Å². The van der Waals surface area contributed by atoms with Crippen molar-refractivity contribution in [3.05, 3.63) is 159 Å². The smallest absolute Gasteiger partial charge is 0.163 e. The van der Waals surface area contributed by atoms with E-state index in [1.54, 1.807) is 0 Å². The molecule has 0 spiro atoms. The average molecular weight is 797 g/mol. The minimum atomic E-state index is 0. The molecule has 4 aromatic carbocycles.